The van der Waals surface area contributed by atoms with Gasteiger partial charge in [-0.1, -0.05) is 32.9 Å². The zero-order chi connectivity index (χ0) is 14.4. The molecule has 0 heterocycles. The highest BCUT2D eigenvalue weighted by Gasteiger charge is 2.21. The van der Waals surface area contributed by atoms with Crippen LogP contribution in [0.5, 0.6) is 5.75 Å². The van der Waals surface area contributed by atoms with Gasteiger partial charge in [0.1, 0.15) is 5.75 Å². The van der Waals surface area contributed by atoms with Crippen molar-refractivity contribution in [3.05, 3.63) is 29.8 Å². The molecule has 0 fully saturated rings. The molecule has 0 radical (unpaired) electrons. The van der Waals surface area contributed by atoms with E-state index in [-0.39, 0.29) is 11.9 Å². The van der Waals surface area contributed by atoms with E-state index in [1.807, 2.05) is 45.0 Å². The Morgan fingerprint density at radius 3 is 2.53 bits per heavy atom. The van der Waals surface area contributed by atoms with Crippen LogP contribution in [0.15, 0.2) is 24.3 Å². The number of ether oxygens (including phenoxy) is 1. The summed E-state index contributed by atoms with van der Waals surface area (Å²) < 4.78 is 5.77. The first-order chi connectivity index (χ1) is 8.93. The van der Waals surface area contributed by atoms with Gasteiger partial charge in [-0.05, 0) is 43.9 Å². The van der Waals surface area contributed by atoms with E-state index in [0.717, 1.165) is 11.3 Å². The quantitative estimate of drug-likeness (QED) is 0.855. The molecule has 1 aromatic carbocycles. The zero-order valence-corrected chi connectivity index (χ0v) is 12.6. The molecule has 0 aliphatic heterocycles. The van der Waals surface area contributed by atoms with E-state index >= 15 is 0 Å². The molecule has 3 nitrogen and oxygen atoms in total. The van der Waals surface area contributed by atoms with E-state index < -0.39 is 6.10 Å². The summed E-state index contributed by atoms with van der Waals surface area (Å²) in [6, 6.07) is 7.93. The average Bonchev–Trinajstić information content (AvgIpc) is 2.35. The van der Waals surface area contributed by atoms with E-state index in [9.17, 15) is 4.79 Å². The molecule has 0 aliphatic rings. The number of rotatable bonds is 6. The van der Waals surface area contributed by atoms with Crippen molar-refractivity contribution in [2.75, 3.05) is 0 Å². The Kier molecular flexibility index (Phi) is 5.87. The van der Waals surface area contributed by atoms with Crippen LogP contribution in [0.3, 0.4) is 0 Å². The summed E-state index contributed by atoms with van der Waals surface area (Å²) in [5.41, 5.74) is 1.13. The van der Waals surface area contributed by atoms with Gasteiger partial charge in [-0.15, -0.1) is 0 Å². The predicted molar refractivity (Wildman–Crippen MR) is 78.3 cm³/mol. The minimum Gasteiger partial charge on any atom is -0.481 e. The van der Waals surface area contributed by atoms with Gasteiger partial charge in [-0.25, -0.2) is 0 Å². The second-order valence-electron chi connectivity index (χ2n) is 5.37. The molecule has 2 atom stereocenters. The first-order valence-corrected chi connectivity index (χ1v) is 6.97. The number of carbonyl (C=O) groups excluding carboxylic acids is 1. The molecular weight excluding hydrogens is 238 g/mol. The van der Waals surface area contributed by atoms with Crippen LogP contribution in [0.1, 0.15) is 39.7 Å². The normalized spacial score (nSPS) is 14.0. The Morgan fingerprint density at radius 2 is 2.00 bits per heavy atom. The molecule has 1 N–H and O–H groups in total. The summed E-state index contributed by atoms with van der Waals surface area (Å²) in [5, 5.41) is 3.00. The first-order valence-electron chi connectivity index (χ1n) is 6.97. The number of carbonyl (C=O) groups is 1. The molecule has 0 saturated heterocycles. The lowest BCUT2D eigenvalue weighted by Gasteiger charge is -2.22. The molecule has 0 aliphatic carbocycles. The fourth-order valence-electron chi connectivity index (χ4n) is 1.66. The standard InChI is InChI=1S/C16H25NO2/c1-6-15(16(18)17-13(5)11(2)3)19-14-9-7-8-12(4)10-14/h7-11,13,15H,6H2,1-5H3,(H,17,18)/t13-,15-/m1/s1. The third kappa shape index (κ3) is 4.93. The van der Waals surface area contributed by atoms with Gasteiger partial charge in [0.25, 0.3) is 5.91 Å². The topological polar surface area (TPSA) is 38.3 Å². The van der Waals surface area contributed by atoms with Gasteiger partial charge in [0.15, 0.2) is 6.10 Å². The van der Waals surface area contributed by atoms with Gasteiger partial charge in [0.2, 0.25) is 0 Å². The third-order valence-electron chi connectivity index (χ3n) is 3.30. The molecule has 0 unspecified atom stereocenters. The molecule has 0 saturated carbocycles. The van der Waals surface area contributed by atoms with E-state index in [1.54, 1.807) is 0 Å². The van der Waals surface area contributed by atoms with Crippen LogP contribution in [0, 0.1) is 12.8 Å². The third-order valence-corrected chi connectivity index (χ3v) is 3.30. The summed E-state index contributed by atoms with van der Waals surface area (Å²) in [6.07, 6.45) is 0.230. The van der Waals surface area contributed by atoms with Gasteiger partial charge in [0.05, 0.1) is 0 Å². The summed E-state index contributed by atoms with van der Waals surface area (Å²) in [7, 11) is 0. The number of amides is 1. The number of hydrogen-bond acceptors (Lipinski definition) is 2. The lowest BCUT2D eigenvalue weighted by Crippen LogP contribution is -2.44. The maximum absolute atomic E-state index is 12.1. The van der Waals surface area contributed by atoms with E-state index in [4.69, 9.17) is 4.74 Å². The van der Waals surface area contributed by atoms with E-state index in [1.165, 1.54) is 0 Å². The summed E-state index contributed by atoms with van der Waals surface area (Å²) >= 11 is 0. The van der Waals surface area contributed by atoms with Crippen molar-refractivity contribution in [1.82, 2.24) is 5.32 Å². The van der Waals surface area contributed by atoms with Crippen molar-refractivity contribution in [1.29, 1.82) is 0 Å². The molecule has 3 heteroatoms. The highest BCUT2D eigenvalue weighted by atomic mass is 16.5. The van der Waals surface area contributed by atoms with Crippen LogP contribution in [-0.2, 0) is 4.79 Å². The van der Waals surface area contributed by atoms with Crippen LogP contribution in [0.4, 0.5) is 0 Å². The second kappa shape index (κ2) is 7.17. The lowest BCUT2D eigenvalue weighted by molar-refractivity contribution is -0.129. The smallest absolute Gasteiger partial charge is 0.261 e. The van der Waals surface area contributed by atoms with Crippen LogP contribution in [0.2, 0.25) is 0 Å². The Labute approximate surface area is 116 Å². The van der Waals surface area contributed by atoms with Gasteiger partial charge >= 0.3 is 0 Å². The summed E-state index contributed by atoms with van der Waals surface area (Å²) in [5.74, 6) is 1.13. The summed E-state index contributed by atoms with van der Waals surface area (Å²) in [6.45, 7) is 10.2. The highest BCUT2D eigenvalue weighted by Crippen LogP contribution is 2.15. The van der Waals surface area contributed by atoms with Crippen LogP contribution < -0.4 is 10.1 Å². The van der Waals surface area contributed by atoms with E-state index in [0.29, 0.717) is 12.3 Å². The number of hydrogen-bond donors (Lipinski definition) is 1. The fourth-order valence-corrected chi connectivity index (χ4v) is 1.66. The van der Waals surface area contributed by atoms with Gasteiger partial charge in [0, 0.05) is 6.04 Å². The van der Waals surface area contributed by atoms with Crippen molar-refractivity contribution in [3.63, 3.8) is 0 Å². The van der Waals surface area contributed by atoms with Crippen LogP contribution in [-0.4, -0.2) is 18.1 Å². The molecule has 19 heavy (non-hydrogen) atoms. The SMILES string of the molecule is CC[C@@H](Oc1cccc(C)c1)C(=O)N[C@H](C)C(C)C. The molecule has 0 spiro atoms. The molecule has 0 aromatic heterocycles. The zero-order valence-electron chi connectivity index (χ0n) is 12.6. The Hall–Kier alpha value is -1.51. The highest BCUT2D eigenvalue weighted by molar-refractivity contribution is 5.81. The molecule has 1 amide bonds. The Bertz CT molecular complexity index is 415. The number of nitrogens with one attached hydrogen (secondary N) is 1. The Balaban J connectivity index is 2.65. The molecule has 1 aromatic rings. The maximum atomic E-state index is 12.1. The number of benzene rings is 1. The largest absolute Gasteiger partial charge is 0.481 e. The predicted octanol–water partition coefficient (Wildman–Crippen LogP) is 3.31. The van der Waals surface area contributed by atoms with Crippen molar-refractivity contribution >= 4 is 5.91 Å². The minimum absolute atomic E-state index is 0.0368. The molecule has 106 valence electrons. The van der Waals surface area contributed by atoms with Crippen molar-refractivity contribution < 1.29 is 9.53 Å². The Morgan fingerprint density at radius 1 is 1.32 bits per heavy atom. The maximum Gasteiger partial charge on any atom is 0.261 e. The monoisotopic (exact) mass is 263 g/mol. The van der Waals surface area contributed by atoms with Crippen LogP contribution >= 0.6 is 0 Å². The van der Waals surface area contributed by atoms with Crippen LogP contribution in [0.25, 0.3) is 0 Å². The second-order valence-corrected chi connectivity index (χ2v) is 5.37. The molecule has 1 rings (SSSR count). The lowest BCUT2D eigenvalue weighted by atomic mass is 10.1. The van der Waals surface area contributed by atoms with Crippen molar-refractivity contribution in [3.8, 4) is 5.75 Å². The molecule has 0 bridgehead atoms. The average molecular weight is 263 g/mol. The fraction of sp³-hybridized carbons (Fsp3) is 0.562. The van der Waals surface area contributed by atoms with Gasteiger partial charge < -0.3 is 10.1 Å². The van der Waals surface area contributed by atoms with E-state index in [2.05, 4.69) is 19.2 Å². The van der Waals surface area contributed by atoms with Gasteiger partial charge in [-0.3, -0.25) is 4.79 Å². The minimum atomic E-state index is -0.428. The first kappa shape index (κ1) is 15.5. The molecular formula is C16H25NO2. The van der Waals surface area contributed by atoms with Crippen molar-refractivity contribution in [2.45, 2.75) is 53.2 Å². The number of aryl methyl sites for hydroxylation is 1. The van der Waals surface area contributed by atoms with Gasteiger partial charge in [-0.2, -0.15) is 0 Å². The van der Waals surface area contributed by atoms with Crippen molar-refractivity contribution in [2.24, 2.45) is 5.92 Å². The summed E-state index contributed by atoms with van der Waals surface area (Å²) in [4.78, 5) is 12.1.